The summed E-state index contributed by atoms with van der Waals surface area (Å²) in [5, 5.41) is 11.7. The molecule has 1 aliphatic rings. The summed E-state index contributed by atoms with van der Waals surface area (Å²) < 4.78 is 54.3. The highest BCUT2D eigenvalue weighted by atomic mass is 19.4. The predicted octanol–water partition coefficient (Wildman–Crippen LogP) is 3.91. The van der Waals surface area contributed by atoms with Crippen LogP contribution in [0.1, 0.15) is 18.1 Å². The average molecular weight is 369 g/mol. The summed E-state index contributed by atoms with van der Waals surface area (Å²) in [6.07, 6.45) is -4.78. The fourth-order valence-electron chi connectivity index (χ4n) is 3.83. The van der Waals surface area contributed by atoms with E-state index in [0.717, 1.165) is 0 Å². The van der Waals surface area contributed by atoms with Gasteiger partial charge in [-0.3, -0.25) is 0 Å². The lowest BCUT2D eigenvalue weighted by atomic mass is 9.62. The van der Waals surface area contributed by atoms with Crippen LogP contribution in [0, 0.1) is 11.2 Å². The zero-order valence-electron chi connectivity index (χ0n) is 14.3. The summed E-state index contributed by atoms with van der Waals surface area (Å²) in [5.74, 6) is -0.792. The first-order chi connectivity index (χ1) is 12.0. The van der Waals surface area contributed by atoms with Crippen molar-refractivity contribution in [3.8, 4) is 5.75 Å². The van der Waals surface area contributed by atoms with E-state index >= 15 is 0 Å². The van der Waals surface area contributed by atoms with Crippen molar-refractivity contribution in [3.63, 3.8) is 0 Å². The number of nitrogens with zero attached hydrogens (tertiary/aromatic N) is 1. The summed E-state index contributed by atoms with van der Waals surface area (Å²) >= 11 is 0. The molecule has 0 radical (unpaired) electrons. The lowest BCUT2D eigenvalue weighted by Crippen LogP contribution is -2.63. The zero-order valence-corrected chi connectivity index (χ0v) is 14.3. The summed E-state index contributed by atoms with van der Waals surface area (Å²) in [6, 6.07) is 10.7. The van der Waals surface area contributed by atoms with E-state index in [1.165, 1.54) is 48.5 Å². The molecule has 0 spiro atoms. The second kappa shape index (κ2) is 6.25. The fraction of sp³-hybridized carbons (Fsp3) is 0.368. The van der Waals surface area contributed by atoms with Crippen LogP contribution in [0.4, 0.5) is 17.6 Å². The SMILES string of the molecule is CN1CC(C)([C@](O)(c2ccc(F)cc2)c2ccc(OC(F)(F)F)cc2)C1. The molecule has 140 valence electrons. The Morgan fingerprint density at radius 1 is 0.962 bits per heavy atom. The number of rotatable bonds is 4. The Kier molecular flexibility index (Phi) is 4.48. The Labute approximate surface area is 148 Å². The highest BCUT2D eigenvalue weighted by Crippen LogP contribution is 2.50. The molecule has 0 aliphatic carbocycles. The van der Waals surface area contributed by atoms with Gasteiger partial charge in [0.2, 0.25) is 0 Å². The van der Waals surface area contributed by atoms with Gasteiger partial charge in [-0.05, 0) is 42.4 Å². The third-order valence-corrected chi connectivity index (χ3v) is 4.88. The molecule has 0 unspecified atom stereocenters. The minimum atomic E-state index is -4.78. The van der Waals surface area contributed by atoms with Gasteiger partial charge >= 0.3 is 6.36 Å². The minimum Gasteiger partial charge on any atom is -0.406 e. The van der Waals surface area contributed by atoms with Crippen LogP contribution in [-0.4, -0.2) is 36.5 Å². The molecule has 7 heteroatoms. The van der Waals surface area contributed by atoms with Crippen molar-refractivity contribution in [2.45, 2.75) is 18.9 Å². The Hall–Kier alpha value is -2.12. The Morgan fingerprint density at radius 3 is 1.85 bits per heavy atom. The van der Waals surface area contributed by atoms with Crippen molar-refractivity contribution < 1.29 is 27.4 Å². The highest BCUT2D eigenvalue weighted by Gasteiger charge is 2.55. The molecule has 1 aliphatic heterocycles. The molecule has 2 aromatic carbocycles. The second-order valence-corrected chi connectivity index (χ2v) is 7.02. The molecule has 2 aromatic rings. The van der Waals surface area contributed by atoms with Gasteiger partial charge in [0.25, 0.3) is 0 Å². The topological polar surface area (TPSA) is 32.7 Å². The third kappa shape index (κ3) is 3.29. The maximum Gasteiger partial charge on any atom is 0.573 e. The molecule has 0 aromatic heterocycles. The van der Waals surface area contributed by atoms with Crippen LogP contribution >= 0.6 is 0 Å². The largest absolute Gasteiger partial charge is 0.573 e. The van der Waals surface area contributed by atoms with Gasteiger partial charge in [0, 0.05) is 18.5 Å². The van der Waals surface area contributed by atoms with Crippen LogP contribution < -0.4 is 4.74 Å². The molecule has 1 atom stereocenters. The summed E-state index contributed by atoms with van der Waals surface area (Å²) in [5.41, 5.74) is -1.15. The van der Waals surface area contributed by atoms with Crippen LogP contribution in [0.25, 0.3) is 0 Å². The monoisotopic (exact) mass is 369 g/mol. The number of hydrogen-bond donors (Lipinski definition) is 1. The van der Waals surface area contributed by atoms with Crippen molar-refractivity contribution in [3.05, 3.63) is 65.5 Å². The second-order valence-electron chi connectivity index (χ2n) is 7.02. The molecule has 1 N–H and O–H groups in total. The van der Waals surface area contributed by atoms with Crippen molar-refractivity contribution >= 4 is 0 Å². The first kappa shape index (κ1) is 18.7. The molecular weight excluding hydrogens is 350 g/mol. The number of aliphatic hydroxyl groups is 1. The number of benzene rings is 2. The van der Waals surface area contributed by atoms with E-state index in [2.05, 4.69) is 4.74 Å². The van der Waals surface area contributed by atoms with E-state index in [0.29, 0.717) is 24.2 Å². The molecule has 3 nitrogen and oxygen atoms in total. The van der Waals surface area contributed by atoms with Crippen LogP contribution in [0.3, 0.4) is 0 Å². The Bertz CT molecular complexity index is 768. The molecule has 3 rings (SSSR count). The zero-order chi connectivity index (χ0) is 19.2. The van der Waals surface area contributed by atoms with Crippen LogP contribution in [0.2, 0.25) is 0 Å². The third-order valence-electron chi connectivity index (χ3n) is 4.88. The van der Waals surface area contributed by atoms with Crippen LogP contribution in [0.5, 0.6) is 5.75 Å². The summed E-state index contributed by atoms with van der Waals surface area (Å²) in [6.45, 7) is 3.07. The number of alkyl halides is 3. The molecule has 0 amide bonds. The first-order valence-electron chi connectivity index (χ1n) is 8.07. The molecular formula is C19H19F4NO2. The first-order valence-corrected chi connectivity index (χ1v) is 8.07. The van der Waals surface area contributed by atoms with Gasteiger partial charge in [-0.2, -0.15) is 0 Å². The average Bonchev–Trinajstić information content (AvgIpc) is 2.52. The minimum absolute atomic E-state index is 0.362. The Balaban J connectivity index is 2.03. The molecule has 0 bridgehead atoms. The van der Waals surface area contributed by atoms with E-state index < -0.39 is 23.2 Å². The van der Waals surface area contributed by atoms with Crippen LogP contribution in [-0.2, 0) is 5.60 Å². The highest BCUT2D eigenvalue weighted by molar-refractivity contribution is 5.42. The number of likely N-dealkylation sites (tertiary alicyclic amines) is 1. The molecule has 1 heterocycles. The molecule has 26 heavy (non-hydrogen) atoms. The maximum absolute atomic E-state index is 13.3. The number of halogens is 4. The predicted molar refractivity (Wildman–Crippen MR) is 88.1 cm³/mol. The van der Waals surface area contributed by atoms with Gasteiger partial charge in [-0.15, -0.1) is 13.2 Å². The van der Waals surface area contributed by atoms with E-state index in [1.54, 1.807) is 0 Å². The van der Waals surface area contributed by atoms with E-state index in [4.69, 9.17) is 0 Å². The van der Waals surface area contributed by atoms with E-state index in [9.17, 15) is 22.7 Å². The van der Waals surface area contributed by atoms with Crippen LogP contribution in [0.15, 0.2) is 48.5 Å². The standard InChI is InChI=1S/C19H19F4NO2/c1-17(11-24(2)12-17)18(25,13-3-7-15(20)8-4-13)14-5-9-16(10-6-14)26-19(21,22)23/h3-10,25H,11-12H2,1-2H3/t18-/m0/s1. The van der Waals surface area contributed by atoms with Crippen molar-refractivity contribution in [2.24, 2.45) is 5.41 Å². The molecule has 1 saturated heterocycles. The van der Waals surface area contributed by atoms with Gasteiger partial charge in [-0.25, -0.2) is 4.39 Å². The Morgan fingerprint density at radius 2 is 1.42 bits per heavy atom. The van der Waals surface area contributed by atoms with Crippen molar-refractivity contribution in [2.75, 3.05) is 20.1 Å². The number of hydrogen-bond acceptors (Lipinski definition) is 3. The smallest absolute Gasteiger partial charge is 0.406 e. The summed E-state index contributed by atoms with van der Waals surface area (Å²) in [7, 11) is 1.91. The van der Waals surface area contributed by atoms with Gasteiger partial charge < -0.3 is 14.7 Å². The van der Waals surface area contributed by atoms with Gasteiger partial charge in [0.05, 0.1) is 0 Å². The fourth-order valence-corrected chi connectivity index (χ4v) is 3.83. The van der Waals surface area contributed by atoms with Crippen molar-refractivity contribution in [1.29, 1.82) is 0 Å². The lowest BCUT2D eigenvalue weighted by Gasteiger charge is -2.56. The van der Waals surface area contributed by atoms with Gasteiger partial charge in [0.15, 0.2) is 0 Å². The quantitative estimate of drug-likeness (QED) is 0.830. The molecule has 0 saturated carbocycles. The van der Waals surface area contributed by atoms with Crippen molar-refractivity contribution in [1.82, 2.24) is 4.90 Å². The normalized spacial score (nSPS) is 19.5. The summed E-state index contributed by atoms with van der Waals surface area (Å²) in [4.78, 5) is 2.02. The van der Waals surface area contributed by atoms with Gasteiger partial charge in [0.1, 0.15) is 17.2 Å². The lowest BCUT2D eigenvalue weighted by molar-refractivity contribution is -0.274. The maximum atomic E-state index is 13.3. The van der Waals surface area contributed by atoms with E-state index in [-0.39, 0.29) is 5.75 Å². The molecule has 1 fully saturated rings. The van der Waals surface area contributed by atoms with Gasteiger partial charge in [-0.1, -0.05) is 31.2 Å². The van der Waals surface area contributed by atoms with E-state index in [1.807, 2.05) is 18.9 Å². The number of ether oxygens (including phenoxy) is 1.